The molecule has 0 aliphatic carbocycles. The van der Waals surface area contributed by atoms with Crippen molar-refractivity contribution < 1.29 is 19.6 Å². The van der Waals surface area contributed by atoms with Crippen molar-refractivity contribution in [1.29, 1.82) is 0 Å². The minimum Gasteiger partial charge on any atom is -0.480 e. The largest absolute Gasteiger partial charge is 0.480 e. The van der Waals surface area contributed by atoms with E-state index in [4.69, 9.17) is 21.4 Å². The third-order valence-corrected chi connectivity index (χ3v) is 4.02. The summed E-state index contributed by atoms with van der Waals surface area (Å²) in [4.78, 5) is 22.0. The number of para-hydroxylation sites is 1. The zero-order chi connectivity index (χ0) is 19.1. The molecule has 2 aromatic carbocycles. The fourth-order valence-corrected chi connectivity index (χ4v) is 2.56. The van der Waals surface area contributed by atoms with Crippen LogP contribution in [0, 0.1) is 10.1 Å². The number of carbonyl (C=O) groups is 1. The molecule has 2 aromatic rings. The van der Waals surface area contributed by atoms with E-state index in [1.165, 1.54) is 12.1 Å². The predicted octanol–water partition coefficient (Wildman–Crippen LogP) is 4.38. The van der Waals surface area contributed by atoms with Crippen LogP contribution in [-0.4, -0.2) is 22.0 Å². The third-order valence-electron chi connectivity index (χ3n) is 3.70. The molecule has 1 atom stereocenters. The van der Waals surface area contributed by atoms with Gasteiger partial charge < -0.3 is 15.2 Å². The number of nitrogens with one attached hydrogen (secondary N) is 1. The second-order valence-electron chi connectivity index (χ2n) is 5.65. The van der Waals surface area contributed by atoms with E-state index in [1.807, 2.05) is 6.92 Å². The lowest BCUT2D eigenvalue weighted by atomic mass is 10.1. The van der Waals surface area contributed by atoms with E-state index in [-0.39, 0.29) is 18.0 Å². The molecule has 0 bridgehead atoms. The Hall–Kier alpha value is -2.64. The van der Waals surface area contributed by atoms with Crippen molar-refractivity contribution in [1.82, 2.24) is 5.32 Å². The first-order valence-electron chi connectivity index (χ1n) is 8.08. The van der Waals surface area contributed by atoms with Crippen LogP contribution in [0.25, 0.3) is 0 Å². The Bertz CT molecular complexity index is 797. The monoisotopic (exact) mass is 378 g/mol. The first kappa shape index (κ1) is 19.7. The summed E-state index contributed by atoms with van der Waals surface area (Å²) in [6.07, 6.45) is 1.19. The highest BCUT2D eigenvalue weighted by Gasteiger charge is 2.19. The van der Waals surface area contributed by atoms with Crippen LogP contribution in [0.3, 0.4) is 0 Å². The first-order chi connectivity index (χ1) is 12.4. The van der Waals surface area contributed by atoms with E-state index in [0.717, 1.165) is 0 Å². The Morgan fingerprint density at radius 1 is 1.31 bits per heavy atom. The number of nitrogens with zero attached hydrogens (tertiary/aromatic N) is 1. The van der Waals surface area contributed by atoms with Gasteiger partial charge in [-0.25, -0.2) is 0 Å². The molecule has 138 valence electrons. The van der Waals surface area contributed by atoms with Gasteiger partial charge in [0.1, 0.15) is 11.8 Å². The van der Waals surface area contributed by atoms with Gasteiger partial charge in [0, 0.05) is 12.6 Å². The molecule has 0 aliphatic heterocycles. The zero-order valence-corrected chi connectivity index (χ0v) is 14.9. The van der Waals surface area contributed by atoms with Crippen LogP contribution >= 0.6 is 11.6 Å². The fraction of sp³-hybridized carbons (Fsp3) is 0.278. The zero-order valence-electron chi connectivity index (χ0n) is 14.1. The quantitative estimate of drug-likeness (QED) is 0.495. The Morgan fingerprint density at radius 3 is 2.65 bits per heavy atom. The van der Waals surface area contributed by atoms with Crippen LogP contribution in [-0.2, 0) is 11.3 Å². The van der Waals surface area contributed by atoms with Gasteiger partial charge in [-0.05, 0) is 30.2 Å². The van der Waals surface area contributed by atoms with Gasteiger partial charge in [0.05, 0.1) is 9.95 Å². The minimum atomic E-state index is -0.944. The number of benzene rings is 2. The maximum Gasteiger partial charge on any atom is 0.320 e. The highest BCUT2D eigenvalue weighted by molar-refractivity contribution is 6.32. The van der Waals surface area contributed by atoms with Crippen LogP contribution in [0.2, 0.25) is 5.02 Å². The molecule has 0 heterocycles. The number of carboxylic acids is 1. The average Bonchev–Trinajstić information content (AvgIpc) is 2.61. The van der Waals surface area contributed by atoms with Gasteiger partial charge in [-0.15, -0.1) is 0 Å². The second kappa shape index (κ2) is 9.17. The lowest BCUT2D eigenvalue weighted by Gasteiger charge is -2.14. The molecular formula is C18H19ClN2O5. The number of carboxylic acid groups (broad SMARTS) is 1. The number of nitro benzene ring substituents is 1. The molecule has 0 fully saturated rings. The number of hydrogen-bond donors (Lipinski definition) is 2. The third kappa shape index (κ3) is 5.18. The van der Waals surface area contributed by atoms with E-state index in [2.05, 4.69) is 5.32 Å². The Labute approximate surface area is 155 Å². The van der Waals surface area contributed by atoms with E-state index >= 15 is 0 Å². The van der Waals surface area contributed by atoms with Crippen molar-refractivity contribution in [2.24, 2.45) is 0 Å². The molecule has 0 saturated carbocycles. The number of hydrogen-bond acceptors (Lipinski definition) is 5. The summed E-state index contributed by atoms with van der Waals surface area (Å²) in [6, 6.07) is 10.5. The number of halogens is 1. The van der Waals surface area contributed by atoms with Crippen molar-refractivity contribution in [3.8, 4) is 11.5 Å². The van der Waals surface area contributed by atoms with E-state index in [1.54, 1.807) is 30.3 Å². The number of ether oxygens (including phenoxy) is 1. The molecular weight excluding hydrogens is 360 g/mol. The van der Waals surface area contributed by atoms with Crippen LogP contribution in [0.1, 0.15) is 25.3 Å². The summed E-state index contributed by atoms with van der Waals surface area (Å²) < 4.78 is 5.57. The minimum absolute atomic E-state index is 0.0650. The lowest BCUT2D eigenvalue weighted by molar-refractivity contribution is -0.385. The molecule has 0 aliphatic rings. The van der Waals surface area contributed by atoms with Gasteiger partial charge in [0.2, 0.25) is 5.75 Å². The van der Waals surface area contributed by atoms with Crippen LogP contribution in [0.4, 0.5) is 5.69 Å². The van der Waals surface area contributed by atoms with E-state index in [0.29, 0.717) is 29.2 Å². The number of nitro groups is 1. The fourth-order valence-electron chi connectivity index (χ4n) is 2.39. The molecule has 8 heteroatoms. The summed E-state index contributed by atoms with van der Waals surface area (Å²) in [6.45, 7) is 2.09. The number of aliphatic carboxylic acids is 1. The SMILES string of the molecule is CCCC(NCc1ccc(Oc2ccccc2Cl)c([N+](=O)[O-])c1)C(=O)O. The summed E-state index contributed by atoms with van der Waals surface area (Å²) >= 11 is 6.02. The molecule has 0 radical (unpaired) electrons. The van der Waals surface area contributed by atoms with Gasteiger partial charge in [-0.1, -0.05) is 43.1 Å². The molecule has 1 unspecified atom stereocenters. The van der Waals surface area contributed by atoms with Gasteiger partial charge in [-0.3, -0.25) is 14.9 Å². The number of rotatable bonds is 9. The molecule has 26 heavy (non-hydrogen) atoms. The van der Waals surface area contributed by atoms with Crippen molar-refractivity contribution in [2.45, 2.75) is 32.4 Å². The predicted molar refractivity (Wildman–Crippen MR) is 97.8 cm³/mol. The van der Waals surface area contributed by atoms with E-state index < -0.39 is 16.9 Å². The smallest absolute Gasteiger partial charge is 0.320 e. The van der Waals surface area contributed by atoms with Gasteiger partial charge in [-0.2, -0.15) is 0 Å². The van der Waals surface area contributed by atoms with Gasteiger partial charge in [0.25, 0.3) is 0 Å². The van der Waals surface area contributed by atoms with Gasteiger partial charge in [0.15, 0.2) is 0 Å². The molecule has 0 spiro atoms. The normalized spacial score (nSPS) is 11.8. The Kier molecular flexibility index (Phi) is 6.94. The molecule has 0 aromatic heterocycles. The highest BCUT2D eigenvalue weighted by Crippen LogP contribution is 2.35. The van der Waals surface area contributed by atoms with Crippen LogP contribution < -0.4 is 10.1 Å². The summed E-state index contributed by atoms with van der Waals surface area (Å²) in [5, 5.41) is 23.8. The van der Waals surface area contributed by atoms with Crippen LogP contribution in [0.5, 0.6) is 11.5 Å². The highest BCUT2D eigenvalue weighted by atomic mass is 35.5. The molecule has 2 N–H and O–H groups in total. The van der Waals surface area contributed by atoms with E-state index in [9.17, 15) is 14.9 Å². The van der Waals surface area contributed by atoms with Crippen molar-refractivity contribution >= 4 is 23.3 Å². The Balaban J connectivity index is 2.19. The topological polar surface area (TPSA) is 102 Å². The maximum atomic E-state index is 11.4. The molecule has 0 amide bonds. The molecule has 0 saturated heterocycles. The first-order valence-corrected chi connectivity index (χ1v) is 8.46. The second-order valence-corrected chi connectivity index (χ2v) is 6.06. The van der Waals surface area contributed by atoms with Crippen molar-refractivity contribution in [2.75, 3.05) is 0 Å². The van der Waals surface area contributed by atoms with Crippen molar-refractivity contribution in [3.05, 3.63) is 63.2 Å². The Morgan fingerprint density at radius 2 is 2.04 bits per heavy atom. The van der Waals surface area contributed by atoms with Gasteiger partial charge >= 0.3 is 11.7 Å². The molecule has 7 nitrogen and oxygen atoms in total. The lowest BCUT2D eigenvalue weighted by Crippen LogP contribution is -2.35. The maximum absolute atomic E-state index is 11.4. The summed E-state index contributed by atoms with van der Waals surface area (Å²) in [5.74, 6) is -0.563. The molecule has 2 rings (SSSR count). The van der Waals surface area contributed by atoms with Crippen LogP contribution in [0.15, 0.2) is 42.5 Å². The summed E-state index contributed by atoms with van der Waals surface area (Å²) in [7, 11) is 0. The van der Waals surface area contributed by atoms with Crippen molar-refractivity contribution in [3.63, 3.8) is 0 Å². The summed E-state index contributed by atoms with van der Waals surface area (Å²) in [5.41, 5.74) is 0.372. The average molecular weight is 379 g/mol. The standard InChI is InChI=1S/C18H19ClN2O5/c1-2-5-14(18(22)23)20-11-12-8-9-17(15(10-12)21(24)25)26-16-7-4-3-6-13(16)19/h3-4,6-10,14,20H,2,5,11H2,1H3,(H,22,23).